The predicted molar refractivity (Wildman–Crippen MR) is 72.1 cm³/mol. The standard InChI is InChI=1S/C12H21N5O3/c1-10(11(18)19)4-2-5-13-12(20)14-6-3-8-17-9-7-15-16-17/h7,9-10H,2-6,8H2,1H3,(H,18,19)(H2,13,14,20). The van der Waals surface area contributed by atoms with Gasteiger partial charge in [0.2, 0.25) is 0 Å². The SMILES string of the molecule is CC(CCCNC(=O)NCCCn1ccnn1)C(=O)O. The first-order valence-corrected chi connectivity index (χ1v) is 6.68. The molecule has 0 aliphatic heterocycles. The Balaban J connectivity index is 1.96. The van der Waals surface area contributed by atoms with E-state index in [0.29, 0.717) is 32.5 Å². The number of carboxylic acids is 1. The normalized spacial score (nSPS) is 11.8. The molecule has 0 spiro atoms. The zero-order valence-electron chi connectivity index (χ0n) is 11.6. The van der Waals surface area contributed by atoms with Crippen LogP contribution in [0.15, 0.2) is 12.4 Å². The molecule has 2 amide bonds. The van der Waals surface area contributed by atoms with Crippen LogP contribution in [0, 0.1) is 5.92 Å². The quantitative estimate of drug-likeness (QED) is 0.571. The summed E-state index contributed by atoms with van der Waals surface area (Å²) >= 11 is 0. The van der Waals surface area contributed by atoms with Crippen molar-refractivity contribution in [2.45, 2.75) is 32.7 Å². The molecule has 3 N–H and O–H groups in total. The predicted octanol–water partition coefficient (Wildman–Crippen LogP) is 0.468. The first-order chi connectivity index (χ1) is 9.59. The van der Waals surface area contributed by atoms with Crippen LogP contribution in [-0.4, -0.2) is 45.2 Å². The number of nitrogens with zero attached hydrogens (tertiary/aromatic N) is 3. The van der Waals surface area contributed by atoms with Crippen molar-refractivity contribution in [3.05, 3.63) is 12.4 Å². The first kappa shape index (κ1) is 15.9. The van der Waals surface area contributed by atoms with Gasteiger partial charge in [-0.15, -0.1) is 5.10 Å². The summed E-state index contributed by atoms with van der Waals surface area (Å²) in [5.74, 6) is -1.18. The summed E-state index contributed by atoms with van der Waals surface area (Å²) in [6, 6.07) is -0.230. The number of hydrogen-bond donors (Lipinski definition) is 3. The number of aryl methyl sites for hydroxylation is 1. The van der Waals surface area contributed by atoms with Gasteiger partial charge in [0.15, 0.2) is 0 Å². The zero-order valence-corrected chi connectivity index (χ0v) is 11.6. The first-order valence-electron chi connectivity index (χ1n) is 6.68. The van der Waals surface area contributed by atoms with E-state index >= 15 is 0 Å². The number of rotatable bonds is 9. The molecule has 0 radical (unpaired) electrons. The van der Waals surface area contributed by atoms with Gasteiger partial charge < -0.3 is 15.7 Å². The molecule has 8 nitrogen and oxygen atoms in total. The molecule has 0 saturated carbocycles. The summed E-state index contributed by atoms with van der Waals surface area (Å²) in [6.07, 6.45) is 5.36. The molecule has 0 fully saturated rings. The van der Waals surface area contributed by atoms with Gasteiger partial charge in [-0.25, -0.2) is 4.79 Å². The third-order valence-electron chi connectivity index (χ3n) is 2.84. The molecule has 1 atom stereocenters. The van der Waals surface area contributed by atoms with E-state index in [1.54, 1.807) is 24.0 Å². The maximum absolute atomic E-state index is 11.4. The molecule has 1 unspecified atom stereocenters. The van der Waals surface area contributed by atoms with E-state index in [-0.39, 0.29) is 11.9 Å². The van der Waals surface area contributed by atoms with Crippen molar-refractivity contribution in [1.82, 2.24) is 25.6 Å². The van der Waals surface area contributed by atoms with Crippen LogP contribution in [0.25, 0.3) is 0 Å². The second-order valence-corrected chi connectivity index (χ2v) is 4.58. The van der Waals surface area contributed by atoms with Crippen LogP contribution in [0.1, 0.15) is 26.2 Å². The van der Waals surface area contributed by atoms with Crippen LogP contribution in [0.3, 0.4) is 0 Å². The third kappa shape index (κ3) is 6.72. The largest absolute Gasteiger partial charge is 0.481 e. The highest BCUT2D eigenvalue weighted by Gasteiger charge is 2.09. The van der Waals surface area contributed by atoms with E-state index in [4.69, 9.17) is 5.11 Å². The van der Waals surface area contributed by atoms with E-state index in [2.05, 4.69) is 20.9 Å². The molecule has 0 bridgehead atoms. The minimum atomic E-state index is -0.803. The van der Waals surface area contributed by atoms with Crippen molar-refractivity contribution in [3.63, 3.8) is 0 Å². The average Bonchev–Trinajstić information content (AvgIpc) is 2.92. The Morgan fingerprint density at radius 2 is 2.00 bits per heavy atom. The Labute approximate surface area is 117 Å². The average molecular weight is 283 g/mol. The lowest BCUT2D eigenvalue weighted by Crippen LogP contribution is -2.37. The van der Waals surface area contributed by atoms with Gasteiger partial charge in [0.25, 0.3) is 0 Å². The van der Waals surface area contributed by atoms with Crippen LogP contribution >= 0.6 is 0 Å². The Bertz CT molecular complexity index is 407. The van der Waals surface area contributed by atoms with E-state index in [1.807, 2.05) is 0 Å². The van der Waals surface area contributed by atoms with Crippen molar-refractivity contribution in [2.24, 2.45) is 5.92 Å². The number of carboxylic acid groups (broad SMARTS) is 1. The number of aromatic nitrogens is 3. The molecule has 0 aliphatic carbocycles. The van der Waals surface area contributed by atoms with Gasteiger partial charge >= 0.3 is 12.0 Å². The second-order valence-electron chi connectivity index (χ2n) is 4.58. The number of aliphatic carboxylic acids is 1. The molecule has 1 rings (SSSR count). The highest BCUT2D eigenvalue weighted by molar-refractivity contribution is 5.73. The lowest BCUT2D eigenvalue weighted by Gasteiger charge is -2.08. The molecule has 0 aromatic carbocycles. The molecule has 0 saturated heterocycles. The number of urea groups is 1. The summed E-state index contributed by atoms with van der Waals surface area (Å²) in [5, 5.41) is 21.6. The summed E-state index contributed by atoms with van der Waals surface area (Å²) in [7, 11) is 0. The molecule has 1 aromatic rings. The van der Waals surface area contributed by atoms with Gasteiger partial charge in [-0.2, -0.15) is 0 Å². The number of carbonyl (C=O) groups excluding carboxylic acids is 1. The Morgan fingerprint density at radius 3 is 2.60 bits per heavy atom. The third-order valence-corrected chi connectivity index (χ3v) is 2.84. The van der Waals surface area contributed by atoms with E-state index in [1.165, 1.54) is 0 Å². The Kier molecular flexibility index (Phi) is 7.08. The number of hydrogen-bond acceptors (Lipinski definition) is 4. The van der Waals surface area contributed by atoms with Gasteiger partial charge in [0, 0.05) is 25.8 Å². The zero-order chi connectivity index (χ0) is 14.8. The van der Waals surface area contributed by atoms with Crippen LogP contribution in [0.2, 0.25) is 0 Å². The summed E-state index contributed by atoms with van der Waals surface area (Å²) in [6.45, 7) is 3.40. The maximum atomic E-state index is 11.4. The van der Waals surface area contributed by atoms with Gasteiger partial charge in [0.1, 0.15) is 0 Å². The number of amides is 2. The fourth-order valence-corrected chi connectivity index (χ4v) is 1.59. The maximum Gasteiger partial charge on any atom is 0.314 e. The van der Waals surface area contributed by atoms with E-state index < -0.39 is 5.97 Å². The number of nitrogens with one attached hydrogen (secondary N) is 2. The van der Waals surface area contributed by atoms with Crippen molar-refractivity contribution in [1.29, 1.82) is 0 Å². The Morgan fingerprint density at radius 1 is 1.30 bits per heavy atom. The minimum Gasteiger partial charge on any atom is -0.481 e. The van der Waals surface area contributed by atoms with Gasteiger partial charge in [-0.3, -0.25) is 9.48 Å². The van der Waals surface area contributed by atoms with Crippen molar-refractivity contribution in [3.8, 4) is 0 Å². The molecule has 1 aromatic heterocycles. The second kappa shape index (κ2) is 8.89. The van der Waals surface area contributed by atoms with Gasteiger partial charge in [-0.1, -0.05) is 12.1 Å². The topological polar surface area (TPSA) is 109 Å². The summed E-state index contributed by atoms with van der Waals surface area (Å²) in [5.41, 5.74) is 0. The molecule has 20 heavy (non-hydrogen) atoms. The molecular formula is C12H21N5O3. The van der Waals surface area contributed by atoms with E-state index in [0.717, 1.165) is 6.42 Å². The highest BCUT2D eigenvalue weighted by Crippen LogP contribution is 2.03. The number of carbonyl (C=O) groups is 2. The molecule has 8 heteroatoms. The summed E-state index contributed by atoms with van der Waals surface area (Å²) < 4.78 is 1.70. The lowest BCUT2D eigenvalue weighted by molar-refractivity contribution is -0.141. The fourth-order valence-electron chi connectivity index (χ4n) is 1.59. The smallest absolute Gasteiger partial charge is 0.314 e. The molecule has 112 valence electrons. The highest BCUT2D eigenvalue weighted by atomic mass is 16.4. The van der Waals surface area contributed by atoms with Crippen LogP contribution in [0.5, 0.6) is 0 Å². The van der Waals surface area contributed by atoms with Gasteiger partial charge in [0.05, 0.1) is 12.1 Å². The fraction of sp³-hybridized carbons (Fsp3) is 0.667. The van der Waals surface area contributed by atoms with Crippen LogP contribution in [-0.2, 0) is 11.3 Å². The molecular weight excluding hydrogens is 262 g/mol. The van der Waals surface area contributed by atoms with Crippen molar-refractivity contribution >= 4 is 12.0 Å². The summed E-state index contributed by atoms with van der Waals surface area (Å²) in [4.78, 5) is 22.0. The molecule has 0 aliphatic rings. The molecule has 1 heterocycles. The Hall–Kier alpha value is -2.12. The van der Waals surface area contributed by atoms with Crippen LogP contribution in [0.4, 0.5) is 4.79 Å². The lowest BCUT2D eigenvalue weighted by atomic mass is 10.1. The van der Waals surface area contributed by atoms with Gasteiger partial charge in [-0.05, 0) is 19.3 Å². The monoisotopic (exact) mass is 283 g/mol. The van der Waals surface area contributed by atoms with Crippen LogP contribution < -0.4 is 10.6 Å². The van der Waals surface area contributed by atoms with Crippen molar-refractivity contribution in [2.75, 3.05) is 13.1 Å². The minimum absolute atomic E-state index is 0.230. The van der Waals surface area contributed by atoms with Crippen molar-refractivity contribution < 1.29 is 14.7 Å². The van der Waals surface area contributed by atoms with E-state index in [9.17, 15) is 9.59 Å².